The molecule has 0 fully saturated rings. The predicted octanol–water partition coefficient (Wildman–Crippen LogP) is 3.15. The van der Waals surface area contributed by atoms with Crippen LogP contribution >= 0.6 is 22.6 Å². The number of aliphatic carboxylic acids is 1. The van der Waals surface area contributed by atoms with Gasteiger partial charge in [0.25, 0.3) is 0 Å². The van der Waals surface area contributed by atoms with Crippen LogP contribution in [0.5, 0.6) is 0 Å². The third-order valence-electron chi connectivity index (χ3n) is 2.52. The molecule has 0 bridgehead atoms. The topological polar surface area (TPSA) is 69.6 Å². The highest BCUT2D eigenvalue weighted by molar-refractivity contribution is 14.1. The van der Waals surface area contributed by atoms with E-state index in [1.165, 1.54) is 23.1 Å². The summed E-state index contributed by atoms with van der Waals surface area (Å²) in [7, 11) is 0. The minimum atomic E-state index is -1.09. The lowest BCUT2D eigenvalue weighted by molar-refractivity contribution is -0.138. The van der Waals surface area contributed by atoms with Crippen LogP contribution in [0.2, 0.25) is 0 Å². The number of carboxylic acid groups (broad SMARTS) is 1. The van der Waals surface area contributed by atoms with Gasteiger partial charge in [0.1, 0.15) is 12.4 Å². The molecule has 110 valence electrons. The van der Waals surface area contributed by atoms with E-state index in [0.717, 1.165) is 0 Å². The van der Waals surface area contributed by atoms with Crippen LogP contribution in [-0.4, -0.2) is 34.1 Å². The number of carboxylic acids is 1. The second kappa shape index (κ2) is 6.38. The normalized spacial score (nSPS) is 11.1. The first-order chi connectivity index (χ1) is 9.11. The predicted molar refractivity (Wildman–Crippen MR) is 82.2 cm³/mol. The van der Waals surface area contributed by atoms with Gasteiger partial charge in [-0.25, -0.2) is 9.18 Å². The molecule has 0 spiro atoms. The zero-order chi connectivity index (χ0) is 15.5. The molecule has 0 aliphatic heterocycles. The number of amides is 2. The number of anilines is 1. The highest BCUT2D eigenvalue weighted by Crippen LogP contribution is 2.21. The van der Waals surface area contributed by atoms with E-state index < -0.39 is 29.9 Å². The van der Waals surface area contributed by atoms with Gasteiger partial charge >= 0.3 is 12.0 Å². The van der Waals surface area contributed by atoms with Gasteiger partial charge in [-0.2, -0.15) is 0 Å². The van der Waals surface area contributed by atoms with Gasteiger partial charge in [0.15, 0.2) is 0 Å². The van der Waals surface area contributed by atoms with Crippen LogP contribution in [0.4, 0.5) is 14.9 Å². The van der Waals surface area contributed by atoms with E-state index in [1.54, 1.807) is 20.8 Å². The molecule has 0 aliphatic carbocycles. The number of nitrogens with one attached hydrogen (secondary N) is 1. The molecule has 0 aromatic heterocycles. The summed E-state index contributed by atoms with van der Waals surface area (Å²) in [4.78, 5) is 24.2. The molecule has 1 aromatic carbocycles. The highest BCUT2D eigenvalue weighted by Gasteiger charge is 2.28. The number of benzene rings is 1. The fourth-order valence-corrected chi connectivity index (χ4v) is 2.13. The van der Waals surface area contributed by atoms with Crippen molar-refractivity contribution in [1.29, 1.82) is 0 Å². The van der Waals surface area contributed by atoms with E-state index in [-0.39, 0.29) is 0 Å². The number of nitrogens with zero attached hydrogens (tertiary/aromatic N) is 1. The smallest absolute Gasteiger partial charge is 0.323 e. The van der Waals surface area contributed by atoms with Gasteiger partial charge in [0.05, 0.1) is 5.69 Å². The first-order valence-corrected chi connectivity index (χ1v) is 6.94. The average Bonchev–Trinajstić information content (AvgIpc) is 2.28. The molecule has 0 heterocycles. The Balaban J connectivity index is 2.93. The zero-order valence-electron chi connectivity index (χ0n) is 11.4. The van der Waals surface area contributed by atoms with Gasteiger partial charge in [0, 0.05) is 9.11 Å². The van der Waals surface area contributed by atoms with Crippen LogP contribution < -0.4 is 5.32 Å². The number of carbonyl (C=O) groups is 2. The number of urea groups is 1. The molecule has 20 heavy (non-hydrogen) atoms. The number of hydrogen-bond acceptors (Lipinski definition) is 2. The molecule has 0 saturated heterocycles. The minimum Gasteiger partial charge on any atom is -0.480 e. The second-order valence-corrected chi connectivity index (χ2v) is 6.37. The molecule has 5 nitrogen and oxygen atoms in total. The molecule has 2 N–H and O–H groups in total. The first kappa shape index (κ1) is 16.7. The molecule has 1 aromatic rings. The zero-order valence-corrected chi connectivity index (χ0v) is 13.6. The molecule has 0 unspecified atom stereocenters. The summed E-state index contributed by atoms with van der Waals surface area (Å²) in [5, 5.41) is 11.5. The van der Waals surface area contributed by atoms with Crippen LogP contribution in [0.3, 0.4) is 0 Å². The van der Waals surface area contributed by atoms with Gasteiger partial charge in [-0.15, -0.1) is 0 Å². The molecular formula is C13H16FIN2O3. The van der Waals surface area contributed by atoms with Crippen molar-refractivity contribution < 1.29 is 19.1 Å². The first-order valence-electron chi connectivity index (χ1n) is 5.86. The van der Waals surface area contributed by atoms with E-state index in [4.69, 9.17) is 5.11 Å². The average molecular weight is 394 g/mol. The lowest BCUT2D eigenvalue weighted by Gasteiger charge is -2.34. The number of halogens is 2. The summed E-state index contributed by atoms with van der Waals surface area (Å²) in [5.74, 6) is -1.49. The maximum atomic E-state index is 13.0. The number of carbonyl (C=O) groups excluding carboxylic acids is 1. The van der Waals surface area contributed by atoms with Crippen molar-refractivity contribution in [2.45, 2.75) is 26.3 Å². The van der Waals surface area contributed by atoms with Crippen LogP contribution in [0.25, 0.3) is 0 Å². The Morgan fingerprint density at radius 1 is 1.40 bits per heavy atom. The Bertz CT molecular complexity index is 529. The summed E-state index contributed by atoms with van der Waals surface area (Å²) >= 11 is 1.90. The third-order valence-corrected chi connectivity index (χ3v) is 3.41. The van der Waals surface area contributed by atoms with Crippen molar-refractivity contribution in [2.75, 3.05) is 11.9 Å². The van der Waals surface area contributed by atoms with Crippen LogP contribution in [0.15, 0.2) is 18.2 Å². The van der Waals surface area contributed by atoms with Crippen molar-refractivity contribution in [2.24, 2.45) is 0 Å². The van der Waals surface area contributed by atoms with Gasteiger partial charge in [-0.05, 0) is 61.6 Å². The van der Waals surface area contributed by atoms with E-state index in [9.17, 15) is 14.0 Å². The Morgan fingerprint density at radius 2 is 2.00 bits per heavy atom. The molecular weight excluding hydrogens is 378 g/mol. The lowest BCUT2D eigenvalue weighted by atomic mass is 10.1. The van der Waals surface area contributed by atoms with Crippen molar-refractivity contribution in [3.63, 3.8) is 0 Å². The minimum absolute atomic E-state index is 0.398. The molecule has 0 atom stereocenters. The van der Waals surface area contributed by atoms with Gasteiger partial charge in [0.2, 0.25) is 0 Å². The summed E-state index contributed by atoms with van der Waals surface area (Å²) in [6.07, 6.45) is 0. The molecule has 0 radical (unpaired) electrons. The Hall–Kier alpha value is -1.38. The quantitative estimate of drug-likeness (QED) is 0.774. The lowest BCUT2D eigenvalue weighted by Crippen LogP contribution is -2.50. The standard InChI is InChI=1S/C13H16FIN2O3/c1-13(2,3)17(7-11(18)19)12(20)16-10-5-4-8(14)6-9(10)15/h4-6H,7H2,1-3H3,(H,16,20)(H,18,19). The van der Waals surface area contributed by atoms with Crippen molar-refractivity contribution >= 4 is 40.3 Å². The molecule has 0 aliphatic rings. The van der Waals surface area contributed by atoms with Crippen molar-refractivity contribution in [3.8, 4) is 0 Å². The van der Waals surface area contributed by atoms with Crippen LogP contribution in [0, 0.1) is 9.39 Å². The Morgan fingerprint density at radius 3 is 2.45 bits per heavy atom. The third kappa shape index (κ3) is 4.62. The maximum Gasteiger partial charge on any atom is 0.323 e. The summed E-state index contributed by atoms with van der Waals surface area (Å²) in [5.41, 5.74) is -0.204. The largest absolute Gasteiger partial charge is 0.480 e. The van der Waals surface area contributed by atoms with Crippen LogP contribution in [0.1, 0.15) is 20.8 Å². The summed E-state index contributed by atoms with van der Waals surface area (Å²) in [6, 6.07) is 3.42. The maximum absolute atomic E-state index is 13.0. The van der Waals surface area contributed by atoms with E-state index in [0.29, 0.717) is 9.26 Å². The molecule has 0 saturated carbocycles. The van der Waals surface area contributed by atoms with Crippen LogP contribution in [-0.2, 0) is 4.79 Å². The van der Waals surface area contributed by atoms with Crippen molar-refractivity contribution in [1.82, 2.24) is 4.90 Å². The number of rotatable bonds is 3. The highest BCUT2D eigenvalue weighted by atomic mass is 127. The van der Waals surface area contributed by atoms with E-state index in [1.807, 2.05) is 22.6 Å². The van der Waals surface area contributed by atoms with E-state index >= 15 is 0 Å². The Kier molecular flexibility index (Phi) is 5.32. The van der Waals surface area contributed by atoms with Gasteiger partial charge in [-0.3, -0.25) is 4.79 Å². The SMILES string of the molecule is CC(C)(C)N(CC(=O)O)C(=O)Nc1ccc(F)cc1I. The van der Waals surface area contributed by atoms with Gasteiger partial charge < -0.3 is 15.3 Å². The Labute approximate surface area is 130 Å². The van der Waals surface area contributed by atoms with E-state index in [2.05, 4.69) is 5.32 Å². The van der Waals surface area contributed by atoms with Gasteiger partial charge in [-0.1, -0.05) is 0 Å². The fraction of sp³-hybridized carbons (Fsp3) is 0.385. The monoisotopic (exact) mass is 394 g/mol. The van der Waals surface area contributed by atoms with Crippen molar-refractivity contribution in [3.05, 3.63) is 27.6 Å². The molecule has 7 heteroatoms. The summed E-state index contributed by atoms with van der Waals surface area (Å²) in [6.45, 7) is 4.81. The summed E-state index contributed by atoms with van der Waals surface area (Å²) < 4.78 is 13.5. The second-order valence-electron chi connectivity index (χ2n) is 5.21. The fourth-order valence-electron chi connectivity index (χ4n) is 1.52. The molecule has 2 amide bonds. The number of hydrogen-bond donors (Lipinski definition) is 2. The molecule has 1 rings (SSSR count).